The number of hydrogen-bond acceptors (Lipinski definition) is 10. The topological polar surface area (TPSA) is 99.5 Å². The molecule has 6 aromatic carbocycles. The molecule has 10 rings (SSSR count). The van der Waals surface area contributed by atoms with E-state index in [-0.39, 0.29) is 48.9 Å². The summed E-state index contributed by atoms with van der Waals surface area (Å²) in [6.07, 6.45) is 3.18. The van der Waals surface area contributed by atoms with E-state index in [1.165, 1.54) is 59.9 Å². The first kappa shape index (κ1) is 52.9. The maximum absolute atomic E-state index is 13.9. The van der Waals surface area contributed by atoms with Crippen LogP contribution in [0.25, 0.3) is 20.2 Å². The molecule has 8 nitrogen and oxygen atoms in total. The van der Waals surface area contributed by atoms with Crippen LogP contribution in [0.1, 0.15) is 90.2 Å². The highest BCUT2D eigenvalue weighted by Gasteiger charge is 2.28. The van der Waals surface area contributed by atoms with E-state index in [0.29, 0.717) is 55.0 Å². The molecule has 0 spiro atoms. The van der Waals surface area contributed by atoms with Gasteiger partial charge in [-0.05, 0) is 173 Å². The van der Waals surface area contributed by atoms with Crippen molar-refractivity contribution >= 4 is 54.4 Å². The summed E-state index contributed by atoms with van der Waals surface area (Å²) in [5, 5.41) is 21.6. The lowest BCUT2D eigenvalue weighted by Crippen LogP contribution is -2.48. The highest BCUT2D eigenvalue weighted by atomic mass is 32.1. The molecule has 2 fully saturated rings. The van der Waals surface area contributed by atoms with Crippen molar-refractivity contribution in [3.05, 3.63) is 175 Å². The first-order chi connectivity index (χ1) is 34.6. The number of nitrogens with zero attached hydrogens (tertiary/aromatic N) is 2. The van der Waals surface area contributed by atoms with E-state index in [4.69, 9.17) is 9.47 Å². The van der Waals surface area contributed by atoms with E-state index < -0.39 is 0 Å². The number of likely N-dealkylation sites (tertiary alicyclic amines) is 2. The number of aryl methyl sites for hydroxylation is 5. The fraction of sp³-hybridized carbons (Fsp3) is 0.311. The minimum absolute atomic E-state index is 0. The second-order valence-electron chi connectivity index (χ2n) is 19.7. The van der Waals surface area contributed by atoms with Gasteiger partial charge in [-0.2, -0.15) is 0 Å². The van der Waals surface area contributed by atoms with Crippen LogP contribution in [0.3, 0.4) is 0 Å². The van der Waals surface area contributed by atoms with Crippen LogP contribution in [0, 0.1) is 52.3 Å². The minimum atomic E-state index is -0.379. The predicted molar refractivity (Wildman–Crippen MR) is 294 cm³/mol. The molecule has 0 amide bonds. The molecule has 8 aromatic rings. The van der Waals surface area contributed by atoms with Crippen molar-refractivity contribution in [2.75, 3.05) is 45.9 Å². The minimum Gasteiger partial charge on any atom is -0.508 e. The van der Waals surface area contributed by atoms with E-state index in [9.17, 15) is 28.6 Å². The van der Waals surface area contributed by atoms with Crippen LogP contribution in [0.5, 0.6) is 34.5 Å². The molecule has 0 radical (unpaired) electrons. The van der Waals surface area contributed by atoms with Crippen molar-refractivity contribution in [2.24, 2.45) is 11.8 Å². The number of carbonyl (C=O) groups excluding carboxylic acids is 2. The third-order valence-corrected chi connectivity index (χ3v) is 16.0. The van der Waals surface area contributed by atoms with Gasteiger partial charge in [0.15, 0.2) is 11.5 Å². The van der Waals surface area contributed by atoms with Crippen molar-refractivity contribution in [3.8, 4) is 34.5 Å². The number of phenols is 2. The van der Waals surface area contributed by atoms with E-state index >= 15 is 0 Å². The fourth-order valence-corrected chi connectivity index (χ4v) is 12.3. The molecule has 0 bridgehead atoms. The van der Waals surface area contributed by atoms with E-state index in [1.54, 1.807) is 44.2 Å². The van der Waals surface area contributed by atoms with Gasteiger partial charge in [0, 0.05) is 69.9 Å². The third-order valence-electron chi connectivity index (χ3n) is 13.8. The van der Waals surface area contributed by atoms with Crippen molar-refractivity contribution in [1.82, 2.24) is 9.80 Å². The number of rotatable bonds is 15. The first-order valence-corrected chi connectivity index (χ1v) is 26.2. The number of ether oxygens (including phenoxy) is 2. The molecule has 2 saturated heterocycles. The molecule has 380 valence electrons. The van der Waals surface area contributed by atoms with Gasteiger partial charge >= 0.3 is 0 Å². The molecule has 0 saturated carbocycles. The van der Waals surface area contributed by atoms with Gasteiger partial charge in [-0.25, -0.2) is 4.39 Å². The average Bonchev–Trinajstić information content (AvgIpc) is 4.02. The maximum atomic E-state index is 13.9. The zero-order valence-corrected chi connectivity index (χ0v) is 43.2. The van der Waals surface area contributed by atoms with E-state index in [2.05, 4.69) is 28.9 Å². The van der Waals surface area contributed by atoms with Crippen LogP contribution in [0.15, 0.2) is 109 Å². The van der Waals surface area contributed by atoms with Gasteiger partial charge in [0.05, 0.1) is 6.67 Å². The summed E-state index contributed by atoms with van der Waals surface area (Å²) in [5.41, 5.74) is 7.78. The second kappa shape index (κ2) is 22.8. The Bertz CT molecular complexity index is 3240. The molecule has 2 aromatic heterocycles. The van der Waals surface area contributed by atoms with Crippen LogP contribution < -0.4 is 9.47 Å². The van der Waals surface area contributed by atoms with Crippen LogP contribution in [0.4, 0.5) is 8.78 Å². The molecule has 2 aliphatic rings. The van der Waals surface area contributed by atoms with Gasteiger partial charge in [0.1, 0.15) is 38.6 Å². The Morgan fingerprint density at radius 3 is 1.48 bits per heavy atom. The third kappa shape index (κ3) is 12.0. The summed E-state index contributed by atoms with van der Waals surface area (Å²) < 4.78 is 40.7. The first-order valence-electron chi connectivity index (χ1n) is 24.6. The lowest BCUT2D eigenvalue weighted by atomic mass is 9.95. The van der Waals surface area contributed by atoms with Gasteiger partial charge < -0.3 is 29.5 Å². The molecule has 1 atom stereocenters. The standard InChI is InChI=1S/C31H33NO3S.C29H27F2NO3S.CH4/c1-19-11-13-32(18-19)14-12-23-5-8-25(9-6-23)35-30-26-10-7-24(33)17-27(26)36-31(30)29(34)28-21(3)15-20(2)16-22(28)4;1-17-11-21(31)12-18(2)26(17)27(34)29-28(24-8-5-22(33)13-25(24)36-29)35-23-6-3-19(4-7-23)9-10-32-15-20(14-30)16-32;/h5-10,15-17,19,33H,11-14,18H2,1-4H3;3-8,11-13,20,33H,9-10,14-16H2,1-2H3;1H4/t19-;;/m0../s1. The van der Waals surface area contributed by atoms with Crippen LogP contribution >= 0.6 is 22.7 Å². The van der Waals surface area contributed by atoms with Crippen molar-refractivity contribution in [2.45, 2.75) is 68.2 Å². The summed E-state index contributed by atoms with van der Waals surface area (Å²) in [5.74, 6) is 2.87. The lowest BCUT2D eigenvalue weighted by Gasteiger charge is -2.37. The van der Waals surface area contributed by atoms with Gasteiger partial charge in [0.2, 0.25) is 11.6 Å². The van der Waals surface area contributed by atoms with Crippen LogP contribution in [-0.4, -0.2) is 77.5 Å². The highest BCUT2D eigenvalue weighted by molar-refractivity contribution is 7.22. The number of hydrogen-bond donors (Lipinski definition) is 2. The van der Waals surface area contributed by atoms with Gasteiger partial charge in [-0.3, -0.25) is 14.0 Å². The summed E-state index contributed by atoms with van der Waals surface area (Å²) in [6.45, 7) is 17.5. The molecule has 4 heterocycles. The van der Waals surface area contributed by atoms with Crippen molar-refractivity contribution in [3.63, 3.8) is 0 Å². The lowest BCUT2D eigenvalue weighted by molar-refractivity contribution is 0.0824. The molecule has 2 N–H and O–H groups in total. The zero-order valence-electron chi connectivity index (χ0n) is 41.6. The summed E-state index contributed by atoms with van der Waals surface area (Å²) >= 11 is 2.61. The number of alkyl halides is 1. The molecule has 12 heteroatoms. The monoisotopic (exact) mass is 1020 g/mol. The molecule has 73 heavy (non-hydrogen) atoms. The Labute approximate surface area is 435 Å². The molecular formula is C61H64F2N2O6S2. The number of aromatic hydroxyl groups is 2. The number of ketones is 2. The molecule has 0 unspecified atom stereocenters. The number of thiophene rings is 2. The molecule has 0 aliphatic carbocycles. The largest absolute Gasteiger partial charge is 0.508 e. The second-order valence-corrected chi connectivity index (χ2v) is 21.8. The van der Waals surface area contributed by atoms with Crippen LogP contribution in [0.2, 0.25) is 0 Å². The molecule has 2 aliphatic heterocycles. The number of phenolic OH excluding ortho intramolecular Hbond substituents is 2. The summed E-state index contributed by atoms with van der Waals surface area (Å²) in [6, 6.07) is 32.8. The Hall–Kier alpha value is -6.44. The Balaban J connectivity index is 0.000000192. The Morgan fingerprint density at radius 1 is 0.616 bits per heavy atom. The Kier molecular flexibility index (Phi) is 16.5. The molecular weight excluding hydrogens is 959 g/mol. The highest BCUT2D eigenvalue weighted by Crippen LogP contribution is 2.45. The van der Waals surface area contributed by atoms with Gasteiger partial charge in [-0.1, -0.05) is 56.3 Å². The zero-order chi connectivity index (χ0) is 50.8. The van der Waals surface area contributed by atoms with Crippen molar-refractivity contribution < 1.29 is 38.1 Å². The summed E-state index contributed by atoms with van der Waals surface area (Å²) in [7, 11) is 0. The SMILES string of the molecule is C.Cc1cc(C)c(C(=O)c2sc3cc(O)ccc3c2Oc2ccc(CCN3CC[C@H](C)C3)cc2)c(C)c1.Cc1cc(F)cc(C)c1C(=O)c1sc2cc(O)ccc2c1Oc1ccc(CCN2CC(CF)C2)cc1. The van der Waals surface area contributed by atoms with Gasteiger partial charge in [0.25, 0.3) is 0 Å². The maximum Gasteiger partial charge on any atom is 0.207 e. The van der Waals surface area contributed by atoms with Gasteiger partial charge in [-0.15, -0.1) is 22.7 Å². The smallest absolute Gasteiger partial charge is 0.207 e. The van der Waals surface area contributed by atoms with E-state index in [0.717, 1.165) is 87.4 Å². The quantitative estimate of drug-likeness (QED) is 0.0980. The van der Waals surface area contributed by atoms with Crippen LogP contribution in [-0.2, 0) is 12.8 Å². The number of carbonyl (C=O) groups is 2. The predicted octanol–water partition coefficient (Wildman–Crippen LogP) is 14.9. The van der Waals surface area contributed by atoms with Crippen molar-refractivity contribution in [1.29, 1.82) is 0 Å². The number of fused-ring (bicyclic) bond motifs is 2. The Morgan fingerprint density at radius 2 is 1.05 bits per heavy atom. The summed E-state index contributed by atoms with van der Waals surface area (Å²) in [4.78, 5) is 33.2. The average molecular weight is 1020 g/mol. The fourth-order valence-electron chi connectivity index (χ4n) is 10.1. The normalized spacial score (nSPS) is 14.9. The van der Waals surface area contributed by atoms with E-state index in [1.807, 2.05) is 75.4 Å². The number of halogens is 2. The number of benzene rings is 6.